The van der Waals surface area contributed by atoms with Crippen molar-refractivity contribution in [1.29, 1.82) is 0 Å². The van der Waals surface area contributed by atoms with Gasteiger partial charge in [-0.15, -0.1) is 0 Å². The molecule has 18 heavy (non-hydrogen) atoms. The first-order chi connectivity index (χ1) is 8.32. The second-order valence-corrected chi connectivity index (χ2v) is 3.98. The molecule has 0 aliphatic heterocycles. The van der Waals surface area contributed by atoms with Crippen LogP contribution in [0, 0.1) is 0 Å². The summed E-state index contributed by atoms with van der Waals surface area (Å²) < 4.78 is 42.5. The van der Waals surface area contributed by atoms with Crippen molar-refractivity contribution in [1.82, 2.24) is 4.98 Å². The van der Waals surface area contributed by atoms with Gasteiger partial charge >= 0.3 is 6.18 Å². The van der Waals surface area contributed by atoms with Crippen molar-refractivity contribution in [2.45, 2.75) is 6.18 Å². The number of benzene rings is 1. The molecule has 0 saturated carbocycles. The third-order valence-electron chi connectivity index (χ3n) is 2.41. The number of hydrogen-bond donors (Lipinski definition) is 1. The van der Waals surface area contributed by atoms with E-state index in [0.29, 0.717) is 6.07 Å². The van der Waals surface area contributed by atoms with Gasteiger partial charge in [-0.05, 0) is 6.07 Å². The minimum absolute atomic E-state index is 0.0241. The number of aromatic amines is 1. The van der Waals surface area contributed by atoms with Gasteiger partial charge < -0.3 is 9.72 Å². The topological polar surface area (TPSA) is 42.1 Å². The summed E-state index contributed by atoms with van der Waals surface area (Å²) in [4.78, 5) is 13.7. The molecule has 1 N–H and O–H groups in total. The summed E-state index contributed by atoms with van der Waals surface area (Å²) in [5.41, 5.74) is -1.83. The Hall–Kier alpha value is -1.69. The maximum atomic E-state index is 12.5. The Bertz CT molecular complexity index is 664. The van der Waals surface area contributed by atoms with Crippen LogP contribution in [0.3, 0.4) is 0 Å². The number of alkyl halides is 3. The average Bonchev–Trinajstić information content (AvgIpc) is 2.28. The van der Waals surface area contributed by atoms with Crippen molar-refractivity contribution < 1.29 is 17.9 Å². The van der Waals surface area contributed by atoms with E-state index in [9.17, 15) is 18.0 Å². The standard InChI is InChI=1S/C11H7ClF3NO2/c1-18-9-3-7-5(2-6(9)12)8(17)4-10(16-7)11(13,14)15/h2-4H,1H3,(H,16,17). The number of rotatable bonds is 1. The average molecular weight is 278 g/mol. The quantitative estimate of drug-likeness (QED) is 0.870. The van der Waals surface area contributed by atoms with Gasteiger partial charge in [-0.1, -0.05) is 11.6 Å². The molecule has 0 amide bonds. The normalized spacial score (nSPS) is 11.8. The number of ether oxygens (including phenoxy) is 1. The van der Waals surface area contributed by atoms with Gasteiger partial charge in [0.2, 0.25) is 0 Å². The number of pyridine rings is 1. The highest BCUT2D eigenvalue weighted by Gasteiger charge is 2.32. The molecule has 1 aromatic carbocycles. The van der Waals surface area contributed by atoms with Crippen molar-refractivity contribution in [2.24, 2.45) is 0 Å². The molecule has 3 nitrogen and oxygen atoms in total. The van der Waals surface area contributed by atoms with E-state index in [1.165, 1.54) is 19.2 Å². The lowest BCUT2D eigenvalue weighted by Crippen LogP contribution is -2.13. The molecule has 0 atom stereocenters. The Balaban J connectivity index is 2.80. The lowest BCUT2D eigenvalue weighted by Gasteiger charge is -2.09. The van der Waals surface area contributed by atoms with Crippen LogP contribution in [0.2, 0.25) is 5.02 Å². The van der Waals surface area contributed by atoms with Crippen LogP contribution < -0.4 is 10.2 Å². The third-order valence-corrected chi connectivity index (χ3v) is 2.70. The van der Waals surface area contributed by atoms with Crippen LogP contribution in [-0.2, 0) is 6.18 Å². The zero-order valence-electron chi connectivity index (χ0n) is 9.06. The highest BCUT2D eigenvalue weighted by atomic mass is 35.5. The first kappa shape index (κ1) is 12.8. The van der Waals surface area contributed by atoms with Gasteiger partial charge in [-0.25, -0.2) is 0 Å². The van der Waals surface area contributed by atoms with E-state index in [1.54, 1.807) is 0 Å². The van der Waals surface area contributed by atoms with Gasteiger partial charge in [0, 0.05) is 17.5 Å². The molecule has 2 aromatic rings. The highest BCUT2D eigenvalue weighted by Crippen LogP contribution is 2.31. The number of H-pyrrole nitrogens is 1. The van der Waals surface area contributed by atoms with Crippen LogP contribution in [0.1, 0.15) is 5.69 Å². The molecule has 0 fully saturated rings. The molecule has 0 saturated heterocycles. The number of nitrogens with one attached hydrogen (secondary N) is 1. The molecule has 0 radical (unpaired) electrons. The Kier molecular flexibility index (Phi) is 2.98. The van der Waals surface area contributed by atoms with Gasteiger partial charge in [-0.2, -0.15) is 13.2 Å². The molecule has 0 aliphatic rings. The summed E-state index contributed by atoms with van der Waals surface area (Å²) in [5.74, 6) is 0.194. The Morgan fingerprint density at radius 2 is 1.94 bits per heavy atom. The van der Waals surface area contributed by atoms with Crippen molar-refractivity contribution in [3.8, 4) is 5.75 Å². The van der Waals surface area contributed by atoms with Gasteiger partial charge in [0.25, 0.3) is 0 Å². The highest BCUT2D eigenvalue weighted by molar-refractivity contribution is 6.32. The summed E-state index contributed by atoms with van der Waals surface area (Å²) in [6.07, 6.45) is -4.61. The maximum Gasteiger partial charge on any atom is 0.431 e. The monoisotopic (exact) mass is 277 g/mol. The fourth-order valence-corrected chi connectivity index (χ4v) is 1.80. The Morgan fingerprint density at radius 3 is 2.50 bits per heavy atom. The van der Waals surface area contributed by atoms with E-state index in [2.05, 4.69) is 4.98 Å². The molecule has 0 bridgehead atoms. The van der Waals surface area contributed by atoms with E-state index in [1.807, 2.05) is 0 Å². The number of fused-ring (bicyclic) bond motifs is 1. The zero-order valence-corrected chi connectivity index (χ0v) is 9.82. The molecular weight excluding hydrogens is 271 g/mol. The van der Waals surface area contributed by atoms with Gasteiger partial charge in [0.05, 0.1) is 17.6 Å². The van der Waals surface area contributed by atoms with E-state index < -0.39 is 17.3 Å². The van der Waals surface area contributed by atoms with Gasteiger partial charge in [0.1, 0.15) is 11.4 Å². The molecule has 0 spiro atoms. The second-order valence-electron chi connectivity index (χ2n) is 3.58. The minimum atomic E-state index is -4.61. The van der Waals surface area contributed by atoms with E-state index in [4.69, 9.17) is 16.3 Å². The van der Waals surface area contributed by atoms with Crippen LogP contribution in [0.5, 0.6) is 5.75 Å². The lowest BCUT2D eigenvalue weighted by atomic mass is 10.2. The molecule has 7 heteroatoms. The van der Waals surface area contributed by atoms with Gasteiger partial charge in [-0.3, -0.25) is 4.79 Å². The minimum Gasteiger partial charge on any atom is -0.495 e. The summed E-state index contributed by atoms with van der Waals surface area (Å²) in [6, 6.07) is 3.04. The zero-order chi connectivity index (χ0) is 13.5. The fraction of sp³-hybridized carbons (Fsp3) is 0.182. The smallest absolute Gasteiger partial charge is 0.431 e. The maximum absolute atomic E-state index is 12.5. The van der Waals surface area contributed by atoms with Crippen molar-refractivity contribution in [3.63, 3.8) is 0 Å². The van der Waals surface area contributed by atoms with Crippen molar-refractivity contribution in [2.75, 3.05) is 7.11 Å². The number of aromatic nitrogens is 1. The van der Waals surface area contributed by atoms with Crippen LogP contribution in [0.4, 0.5) is 13.2 Å². The van der Waals surface area contributed by atoms with E-state index in [0.717, 1.165) is 0 Å². The van der Waals surface area contributed by atoms with Gasteiger partial charge in [0.15, 0.2) is 5.43 Å². The van der Waals surface area contributed by atoms with E-state index in [-0.39, 0.29) is 21.7 Å². The Morgan fingerprint density at radius 1 is 1.28 bits per heavy atom. The molecular formula is C11H7ClF3NO2. The predicted molar refractivity (Wildman–Crippen MR) is 61.1 cm³/mol. The number of halogens is 4. The van der Waals surface area contributed by atoms with E-state index >= 15 is 0 Å². The van der Waals surface area contributed by atoms with Crippen LogP contribution in [-0.4, -0.2) is 12.1 Å². The molecule has 1 aromatic heterocycles. The number of methoxy groups -OCH3 is 1. The first-order valence-corrected chi connectivity index (χ1v) is 5.18. The van der Waals surface area contributed by atoms with Crippen molar-refractivity contribution in [3.05, 3.63) is 39.1 Å². The summed E-state index contributed by atoms with van der Waals surface area (Å²) in [5, 5.41) is 0.240. The molecule has 2 rings (SSSR count). The molecule has 1 heterocycles. The van der Waals surface area contributed by atoms with Crippen LogP contribution in [0.25, 0.3) is 10.9 Å². The summed E-state index contributed by atoms with van der Waals surface area (Å²) in [7, 11) is 1.33. The second kappa shape index (κ2) is 4.20. The van der Waals surface area contributed by atoms with Crippen LogP contribution in [0.15, 0.2) is 23.0 Å². The first-order valence-electron chi connectivity index (χ1n) is 4.80. The Labute approximate surface area is 104 Å². The largest absolute Gasteiger partial charge is 0.495 e. The third kappa shape index (κ3) is 2.15. The summed E-state index contributed by atoms with van der Waals surface area (Å²) in [6.45, 7) is 0. The predicted octanol–water partition coefficient (Wildman–Crippen LogP) is 3.21. The molecule has 96 valence electrons. The van der Waals surface area contributed by atoms with Crippen LogP contribution >= 0.6 is 11.6 Å². The van der Waals surface area contributed by atoms with Crippen molar-refractivity contribution >= 4 is 22.5 Å². The SMILES string of the molecule is COc1cc2[nH]c(C(F)(F)F)cc(=O)c2cc1Cl. The lowest BCUT2D eigenvalue weighted by molar-refractivity contribution is -0.141. The number of hydrogen-bond acceptors (Lipinski definition) is 2. The molecule has 0 unspecified atom stereocenters. The summed E-state index contributed by atoms with van der Waals surface area (Å²) >= 11 is 5.81. The fourth-order valence-electron chi connectivity index (χ4n) is 1.56. The molecule has 0 aliphatic carbocycles.